The minimum atomic E-state index is -0.139. The highest BCUT2D eigenvalue weighted by atomic mass is 16.5. The van der Waals surface area contributed by atoms with Gasteiger partial charge in [0.25, 0.3) is 5.91 Å². The molecule has 1 aliphatic rings. The zero-order chi connectivity index (χ0) is 15.6. The Morgan fingerprint density at radius 3 is 2.73 bits per heavy atom. The van der Waals surface area contributed by atoms with Gasteiger partial charge in [0.15, 0.2) is 0 Å². The lowest BCUT2D eigenvalue weighted by molar-refractivity contribution is 0.0933. The summed E-state index contributed by atoms with van der Waals surface area (Å²) in [7, 11) is 0. The predicted molar refractivity (Wildman–Crippen MR) is 86.2 cm³/mol. The third-order valence-corrected chi connectivity index (χ3v) is 4.33. The van der Waals surface area contributed by atoms with Crippen molar-refractivity contribution in [2.45, 2.75) is 19.8 Å². The Morgan fingerprint density at radius 2 is 2.05 bits per heavy atom. The van der Waals surface area contributed by atoms with Crippen LogP contribution in [0, 0.1) is 5.41 Å². The van der Waals surface area contributed by atoms with Crippen LogP contribution in [0.25, 0.3) is 10.8 Å². The molecule has 0 unspecified atom stereocenters. The third-order valence-electron chi connectivity index (χ3n) is 4.33. The van der Waals surface area contributed by atoms with Crippen molar-refractivity contribution in [2.75, 3.05) is 19.8 Å². The number of hydrogen-bond donors (Lipinski definition) is 2. The molecule has 0 aliphatic heterocycles. The van der Waals surface area contributed by atoms with Crippen LogP contribution in [0.5, 0.6) is 5.75 Å². The molecule has 116 valence electrons. The van der Waals surface area contributed by atoms with Crippen molar-refractivity contribution < 1.29 is 14.6 Å². The molecule has 0 heterocycles. The van der Waals surface area contributed by atoms with Crippen molar-refractivity contribution in [1.82, 2.24) is 5.32 Å². The van der Waals surface area contributed by atoms with E-state index in [1.165, 1.54) is 0 Å². The first kappa shape index (κ1) is 14.9. The van der Waals surface area contributed by atoms with E-state index in [9.17, 15) is 9.90 Å². The van der Waals surface area contributed by atoms with Crippen molar-refractivity contribution in [2.24, 2.45) is 5.41 Å². The van der Waals surface area contributed by atoms with Crippen molar-refractivity contribution in [3.05, 3.63) is 42.0 Å². The average molecular weight is 299 g/mol. The fourth-order valence-corrected chi connectivity index (χ4v) is 2.69. The number of rotatable bonds is 6. The summed E-state index contributed by atoms with van der Waals surface area (Å²) in [6, 6.07) is 11.6. The molecule has 2 N–H and O–H groups in total. The molecule has 0 aromatic heterocycles. The summed E-state index contributed by atoms with van der Waals surface area (Å²) in [6.45, 7) is 3.05. The summed E-state index contributed by atoms with van der Waals surface area (Å²) in [5.41, 5.74) is 0.472. The molecule has 0 saturated heterocycles. The largest absolute Gasteiger partial charge is 0.493 e. The Kier molecular flexibility index (Phi) is 4.03. The smallest absolute Gasteiger partial charge is 0.255 e. The Hall–Kier alpha value is -2.07. The van der Waals surface area contributed by atoms with Crippen molar-refractivity contribution in [1.29, 1.82) is 0 Å². The van der Waals surface area contributed by atoms with Crippen molar-refractivity contribution in [3.63, 3.8) is 0 Å². The first-order valence-electron chi connectivity index (χ1n) is 7.73. The molecule has 4 nitrogen and oxygen atoms in total. The van der Waals surface area contributed by atoms with E-state index in [-0.39, 0.29) is 17.9 Å². The number of carbonyl (C=O) groups is 1. The van der Waals surface area contributed by atoms with E-state index < -0.39 is 0 Å². The van der Waals surface area contributed by atoms with E-state index in [4.69, 9.17) is 4.74 Å². The van der Waals surface area contributed by atoms with Gasteiger partial charge in [0.05, 0.1) is 18.8 Å². The lowest BCUT2D eigenvalue weighted by Gasteiger charge is -2.16. The van der Waals surface area contributed by atoms with Crippen molar-refractivity contribution >= 4 is 16.7 Å². The summed E-state index contributed by atoms with van der Waals surface area (Å²) in [5.74, 6) is 0.465. The second kappa shape index (κ2) is 5.97. The average Bonchev–Trinajstić information content (AvgIpc) is 3.33. The molecule has 0 spiro atoms. The van der Waals surface area contributed by atoms with Gasteiger partial charge in [0.1, 0.15) is 5.75 Å². The summed E-state index contributed by atoms with van der Waals surface area (Å²) in [6.07, 6.45) is 1.94. The fourth-order valence-electron chi connectivity index (χ4n) is 2.69. The van der Waals surface area contributed by atoms with Gasteiger partial charge >= 0.3 is 0 Å². The van der Waals surface area contributed by atoms with Crippen LogP contribution < -0.4 is 10.1 Å². The molecule has 1 saturated carbocycles. The van der Waals surface area contributed by atoms with E-state index in [1.54, 1.807) is 0 Å². The molecule has 22 heavy (non-hydrogen) atoms. The molecule has 0 atom stereocenters. The van der Waals surface area contributed by atoms with Crippen LogP contribution in [-0.2, 0) is 0 Å². The van der Waals surface area contributed by atoms with Crippen LogP contribution in [0.2, 0.25) is 0 Å². The minimum absolute atomic E-state index is 0.105. The molecule has 1 aliphatic carbocycles. The highest BCUT2D eigenvalue weighted by molar-refractivity contribution is 6.09. The van der Waals surface area contributed by atoms with Gasteiger partial charge in [-0.25, -0.2) is 0 Å². The third kappa shape index (κ3) is 2.79. The lowest BCUT2D eigenvalue weighted by atomic mass is 10.0. The molecule has 1 fully saturated rings. The quantitative estimate of drug-likeness (QED) is 0.862. The van der Waals surface area contributed by atoms with E-state index in [2.05, 4.69) is 5.32 Å². The van der Waals surface area contributed by atoms with E-state index in [0.29, 0.717) is 24.5 Å². The van der Waals surface area contributed by atoms with Gasteiger partial charge in [-0.2, -0.15) is 0 Å². The first-order chi connectivity index (χ1) is 10.7. The SMILES string of the molecule is CCOc1ccc2ccccc2c1C(=O)NCC1(CO)CC1. The molecule has 1 amide bonds. The molecule has 0 radical (unpaired) electrons. The maximum Gasteiger partial charge on any atom is 0.255 e. The maximum absolute atomic E-state index is 12.7. The van der Waals surface area contributed by atoms with Crippen LogP contribution in [0.4, 0.5) is 0 Å². The Labute approximate surface area is 130 Å². The minimum Gasteiger partial charge on any atom is -0.493 e. The zero-order valence-corrected chi connectivity index (χ0v) is 12.8. The number of nitrogens with one attached hydrogen (secondary N) is 1. The molecule has 4 heteroatoms. The van der Waals surface area contributed by atoms with E-state index in [0.717, 1.165) is 23.6 Å². The summed E-state index contributed by atoms with van der Waals surface area (Å²) < 4.78 is 5.63. The highest BCUT2D eigenvalue weighted by Gasteiger charge is 2.42. The molecule has 2 aromatic rings. The topological polar surface area (TPSA) is 58.6 Å². The van der Waals surface area contributed by atoms with Gasteiger partial charge in [0, 0.05) is 12.0 Å². The van der Waals surface area contributed by atoms with Gasteiger partial charge in [-0.1, -0.05) is 30.3 Å². The van der Waals surface area contributed by atoms with Crippen LogP contribution in [0.1, 0.15) is 30.1 Å². The van der Waals surface area contributed by atoms with Crippen LogP contribution >= 0.6 is 0 Å². The Bertz CT molecular complexity index is 692. The highest BCUT2D eigenvalue weighted by Crippen LogP contribution is 2.44. The summed E-state index contributed by atoms with van der Waals surface area (Å²) in [5, 5.41) is 14.2. The number of hydrogen-bond acceptors (Lipinski definition) is 3. The molecular formula is C18H21NO3. The van der Waals surface area contributed by atoms with Crippen LogP contribution in [0.3, 0.4) is 0 Å². The lowest BCUT2D eigenvalue weighted by Crippen LogP contribution is -2.32. The number of aliphatic hydroxyl groups is 1. The normalized spacial score (nSPS) is 15.5. The van der Waals surface area contributed by atoms with Crippen LogP contribution in [-0.4, -0.2) is 30.8 Å². The molecule has 3 rings (SSSR count). The van der Waals surface area contributed by atoms with Gasteiger partial charge in [-0.05, 0) is 36.6 Å². The number of ether oxygens (including phenoxy) is 1. The number of amides is 1. The zero-order valence-electron chi connectivity index (χ0n) is 12.8. The van der Waals surface area contributed by atoms with Gasteiger partial charge in [-0.3, -0.25) is 4.79 Å². The van der Waals surface area contributed by atoms with Crippen LogP contribution in [0.15, 0.2) is 36.4 Å². The van der Waals surface area contributed by atoms with Gasteiger partial charge < -0.3 is 15.2 Å². The number of aliphatic hydroxyl groups excluding tert-OH is 1. The molecule has 0 bridgehead atoms. The number of carbonyl (C=O) groups excluding carboxylic acids is 1. The fraction of sp³-hybridized carbons (Fsp3) is 0.389. The van der Waals surface area contributed by atoms with Gasteiger partial charge in [-0.15, -0.1) is 0 Å². The number of benzene rings is 2. The second-order valence-electron chi connectivity index (χ2n) is 5.93. The molecular weight excluding hydrogens is 278 g/mol. The Morgan fingerprint density at radius 1 is 1.27 bits per heavy atom. The van der Waals surface area contributed by atoms with E-state index in [1.807, 2.05) is 43.3 Å². The Balaban J connectivity index is 1.92. The predicted octanol–water partition coefficient (Wildman–Crippen LogP) is 2.74. The maximum atomic E-state index is 12.7. The second-order valence-corrected chi connectivity index (χ2v) is 5.93. The summed E-state index contributed by atoms with van der Waals surface area (Å²) in [4.78, 5) is 12.7. The van der Waals surface area contributed by atoms with E-state index >= 15 is 0 Å². The van der Waals surface area contributed by atoms with Gasteiger partial charge in [0.2, 0.25) is 0 Å². The molecule has 2 aromatic carbocycles. The number of fused-ring (bicyclic) bond motifs is 1. The first-order valence-corrected chi connectivity index (χ1v) is 7.73. The standard InChI is InChI=1S/C18H21NO3/c1-2-22-15-8-7-13-5-3-4-6-14(13)16(15)17(21)19-11-18(12-20)9-10-18/h3-8,20H,2,9-12H2,1H3,(H,19,21). The van der Waals surface area contributed by atoms with Crippen molar-refractivity contribution in [3.8, 4) is 5.75 Å². The summed E-state index contributed by atoms with van der Waals surface area (Å²) >= 11 is 0. The monoisotopic (exact) mass is 299 g/mol.